The third-order valence-corrected chi connectivity index (χ3v) is 3.35. The van der Waals surface area contributed by atoms with Crippen LogP contribution >= 0.6 is 15.9 Å². The van der Waals surface area contributed by atoms with E-state index < -0.39 is 5.91 Å². The van der Waals surface area contributed by atoms with Crippen LogP contribution in [0, 0.1) is 11.3 Å². The van der Waals surface area contributed by atoms with Gasteiger partial charge in [-0.3, -0.25) is 4.79 Å². The summed E-state index contributed by atoms with van der Waals surface area (Å²) in [6, 6.07) is 18.7. The molecule has 0 radical (unpaired) electrons. The van der Waals surface area contributed by atoms with Crippen LogP contribution in [0.5, 0.6) is 0 Å². The Balaban J connectivity index is 2.05. The minimum atomic E-state index is -0.428. The smallest absolute Gasteiger partial charge is 0.266 e. The van der Waals surface area contributed by atoms with E-state index in [-0.39, 0.29) is 5.57 Å². The van der Waals surface area contributed by atoms with Gasteiger partial charge in [-0.05, 0) is 35.9 Å². The maximum Gasteiger partial charge on any atom is 0.266 e. The number of nitrogens with one attached hydrogen (secondary N) is 1. The van der Waals surface area contributed by atoms with Gasteiger partial charge in [0.05, 0.1) is 0 Å². The lowest BCUT2D eigenvalue weighted by Crippen LogP contribution is -2.13. The van der Waals surface area contributed by atoms with Gasteiger partial charge in [-0.25, -0.2) is 0 Å². The first-order chi connectivity index (χ1) is 10.7. The highest BCUT2D eigenvalue weighted by molar-refractivity contribution is 9.10. The van der Waals surface area contributed by atoms with E-state index in [4.69, 9.17) is 5.26 Å². The molecular weight excluding hydrogens is 340 g/mol. The lowest BCUT2D eigenvalue weighted by molar-refractivity contribution is -0.112. The van der Waals surface area contributed by atoms with Crippen LogP contribution in [0.2, 0.25) is 0 Å². The fourth-order valence-electron chi connectivity index (χ4n) is 1.71. The van der Waals surface area contributed by atoms with Crippen LogP contribution in [0.15, 0.2) is 76.8 Å². The number of benzene rings is 2. The van der Waals surface area contributed by atoms with Gasteiger partial charge in [0.15, 0.2) is 0 Å². The summed E-state index contributed by atoms with van der Waals surface area (Å²) in [5.41, 5.74) is 1.70. The first kappa shape index (κ1) is 15.7. The van der Waals surface area contributed by atoms with Gasteiger partial charge in [0.1, 0.15) is 11.6 Å². The van der Waals surface area contributed by atoms with Crippen LogP contribution in [0.1, 0.15) is 5.56 Å². The van der Waals surface area contributed by atoms with Crippen LogP contribution in [0.3, 0.4) is 0 Å². The van der Waals surface area contributed by atoms with E-state index in [0.29, 0.717) is 5.69 Å². The molecule has 22 heavy (non-hydrogen) atoms. The molecule has 0 unspecified atom stereocenters. The molecular formula is C18H13BrN2O. The summed E-state index contributed by atoms with van der Waals surface area (Å²) in [4.78, 5) is 12.0. The standard InChI is InChI=1S/C18H13BrN2O/c19-16-9-11-17(12-10-16)21-18(22)15(13-20)8-4-7-14-5-2-1-3-6-14/h1-12H,(H,21,22). The number of nitrogens with zero attached hydrogens (tertiary/aromatic N) is 1. The van der Waals surface area contributed by atoms with E-state index in [2.05, 4.69) is 21.2 Å². The van der Waals surface area contributed by atoms with Crippen molar-refractivity contribution in [3.05, 3.63) is 82.4 Å². The van der Waals surface area contributed by atoms with Crippen molar-refractivity contribution >= 4 is 33.6 Å². The zero-order chi connectivity index (χ0) is 15.8. The summed E-state index contributed by atoms with van der Waals surface area (Å²) in [6.45, 7) is 0. The average molecular weight is 353 g/mol. The minimum absolute atomic E-state index is 0.0510. The van der Waals surface area contributed by atoms with Crippen molar-refractivity contribution in [1.29, 1.82) is 5.26 Å². The van der Waals surface area contributed by atoms with Crippen LogP contribution in [-0.4, -0.2) is 5.91 Å². The molecule has 0 bridgehead atoms. The third kappa shape index (κ3) is 4.72. The maximum absolute atomic E-state index is 12.0. The number of halogens is 1. The number of carbonyl (C=O) groups excluding carboxylic acids is 1. The Morgan fingerprint density at radius 1 is 1.09 bits per heavy atom. The van der Waals surface area contributed by atoms with Crippen molar-refractivity contribution in [2.75, 3.05) is 5.32 Å². The van der Waals surface area contributed by atoms with Gasteiger partial charge in [-0.2, -0.15) is 5.26 Å². The fraction of sp³-hybridized carbons (Fsp3) is 0. The van der Waals surface area contributed by atoms with E-state index in [1.807, 2.05) is 54.6 Å². The first-order valence-electron chi connectivity index (χ1n) is 6.59. The highest BCUT2D eigenvalue weighted by Crippen LogP contribution is 2.14. The number of rotatable bonds is 4. The second kappa shape index (κ2) is 7.96. The molecule has 1 amide bonds. The van der Waals surface area contributed by atoms with Gasteiger partial charge in [-0.15, -0.1) is 0 Å². The van der Waals surface area contributed by atoms with Crippen LogP contribution in [0.25, 0.3) is 6.08 Å². The van der Waals surface area contributed by atoms with Crippen molar-refractivity contribution in [2.24, 2.45) is 0 Å². The van der Waals surface area contributed by atoms with Gasteiger partial charge in [0, 0.05) is 10.2 Å². The number of hydrogen-bond acceptors (Lipinski definition) is 2. The van der Waals surface area contributed by atoms with Gasteiger partial charge in [0.25, 0.3) is 5.91 Å². The predicted molar refractivity (Wildman–Crippen MR) is 91.9 cm³/mol. The summed E-state index contributed by atoms with van der Waals surface area (Å²) in [6.07, 6.45) is 5.03. The molecule has 0 aliphatic rings. The van der Waals surface area contributed by atoms with E-state index in [0.717, 1.165) is 10.0 Å². The molecule has 3 nitrogen and oxygen atoms in total. The second-order valence-corrected chi connectivity index (χ2v) is 5.34. The zero-order valence-corrected chi connectivity index (χ0v) is 13.2. The van der Waals surface area contributed by atoms with Crippen molar-refractivity contribution in [3.63, 3.8) is 0 Å². The normalized spacial score (nSPS) is 11.2. The Kier molecular flexibility index (Phi) is 5.70. The predicted octanol–water partition coefficient (Wildman–Crippen LogP) is 4.55. The lowest BCUT2D eigenvalue weighted by atomic mass is 10.2. The van der Waals surface area contributed by atoms with Crippen LogP contribution < -0.4 is 5.32 Å². The number of carbonyl (C=O) groups is 1. The van der Waals surface area contributed by atoms with Crippen molar-refractivity contribution in [2.45, 2.75) is 0 Å². The minimum Gasteiger partial charge on any atom is -0.321 e. The van der Waals surface area contributed by atoms with Crippen LogP contribution in [-0.2, 0) is 4.79 Å². The Labute approximate surface area is 137 Å². The molecule has 0 saturated heterocycles. The quantitative estimate of drug-likeness (QED) is 0.498. The Morgan fingerprint density at radius 2 is 1.77 bits per heavy atom. The molecule has 0 aliphatic carbocycles. The number of amides is 1. The molecule has 0 heterocycles. The molecule has 2 aromatic carbocycles. The Morgan fingerprint density at radius 3 is 2.41 bits per heavy atom. The summed E-state index contributed by atoms with van der Waals surface area (Å²) in [5, 5.41) is 11.8. The zero-order valence-electron chi connectivity index (χ0n) is 11.7. The molecule has 4 heteroatoms. The summed E-state index contributed by atoms with van der Waals surface area (Å²) < 4.78 is 0.923. The molecule has 0 aliphatic heterocycles. The monoisotopic (exact) mass is 352 g/mol. The van der Waals surface area contributed by atoms with Gasteiger partial charge in [0.2, 0.25) is 0 Å². The van der Waals surface area contributed by atoms with E-state index in [1.54, 1.807) is 18.2 Å². The Bertz CT molecular complexity index is 741. The molecule has 0 aromatic heterocycles. The van der Waals surface area contributed by atoms with Crippen LogP contribution in [0.4, 0.5) is 5.69 Å². The van der Waals surface area contributed by atoms with Crippen molar-refractivity contribution in [3.8, 4) is 6.07 Å². The fourth-order valence-corrected chi connectivity index (χ4v) is 1.98. The van der Waals surface area contributed by atoms with Gasteiger partial charge in [-0.1, -0.05) is 58.4 Å². The molecule has 0 spiro atoms. The number of allylic oxidation sites excluding steroid dienone is 2. The summed E-state index contributed by atoms with van der Waals surface area (Å²) >= 11 is 3.33. The van der Waals surface area contributed by atoms with E-state index >= 15 is 0 Å². The average Bonchev–Trinajstić information content (AvgIpc) is 2.54. The molecule has 2 rings (SSSR count). The molecule has 0 atom stereocenters. The maximum atomic E-state index is 12.0. The second-order valence-electron chi connectivity index (χ2n) is 4.42. The largest absolute Gasteiger partial charge is 0.321 e. The molecule has 1 N–H and O–H groups in total. The summed E-state index contributed by atoms with van der Waals surface area (Å²) in [7, 11) is 0. The highest BCUT2D eigenvalue weighted by Gasteiger charge is 2.07. The third-order valence-electron chi connectivity index (χ3n) is 2.82. The van der Waals surface area contributed by atoms with Gasteiger partial charge < -0.3 is 5.32 Å². The molecule has 2 aromatic rings. The highest BCUT2D eigenvalue weighted by atomic mass is 79.9. The first-order valence-corrected chi connectivity index (χ1v) is 7.39. The number of anilines is 1. The number of nitriles is 1. The SMILES string of the molecule is N#CC(=CC=Cc1ccccc1)C(=O)Nc1ccc(Br)cc1. The van der Waals surface area contributed by atoms with E-state index in [9.17, 15) is 4.79 Å². The van der Waals surface area contributed by atoms with E-state index in [1.165, 1.54) is 6.08 Å². The van der Waals surface area contributed by atoms with Crippen molar-refractivity contribution in [1.82, 2.24) is 0 Å². The summed E-state index contributed by atoms with van der Waals surface area (Å²) in [5.74, 6) is -0.428. The lowest BCUT2D eigenvalue weighted by Gasteiger charge is -2.03. The molecule has 0 fully saturated rings. The number of hydrogen-bond donors (Lipinski definition) is 1. The topological polar surface area (TPSA) is 52.9 Å². The van der Waals surface area contributed by atoms with Crippen molar-refractivity contribution < 1.29 is 4.79 Å². The van der Waals surface area contributed by atoms with Gasteiger partial charge >= 0.3 is 0 Å². The Hall–Kier alpha value is -2.64. The molecule has 108 valence electrons. The molecule has 0 saturated carbocycles.